The number of benzene rings is 2. The fraction of sp³-hybridized carbons (Fsp3) is 0.235. The highest BCUT2D eigenvalue weighted by molar-refractivity contribution is 5.87. The Bertz CT molecular complexity index is 749. The summed E-state index contributed by atoms with van der Waals surface area (Å²) in [6.07, 6.45) is 4.62. The second-order valence-corrected chi connectivity index (χ2v) is 5.04. The Kier molecular flexibility index (Phi) is 3.88. The van der Waals surface area contributed by atoms with Crippen LogP contribution in [0.25, 0.3) is 10.8 Å². The van der Waals surface area contributed by atoms with Gasteiger partial charge in [-0.3, -0.25) is 4.68 Å². The number of aliphatic hydroxyl groups excluding tert-OH is 1. The van der Waals surface area contributed by atoms with E-state index in [1.165, 1.54) is 0 Å². The summed E-state index contributed by atoms with van der Waals surface area (Å²) < 4.78 is 7.63. The van der Waals surface area contributed by atoms with Crippen molar-refractivity contribution < 1.29 is 9.84 Å². The molecule has 0 bridgehead atoms. The van der Waals surface area contributed by atoms with Crippen LogP contribution >= 0.6 is 0 Å². The zero-order chi connectivity index (χ0) is 14.7. The van der Waals surface area contributed by atoms with E-state index < -0.39 is 0 Å². The van der Waals surface area contributed by atoms with Crippen LogP contribution in [-0.2, 0) is 20.1 Å². The Morgan fingerprint density at radius 1 is 1.19 bits per heavy atom. The molecule has 0 radical (unpaired) electrons. The largest absolute Gasteiger partial charge is 0.493 e. The van der Waals surface area contributed by atoms with Crippen LogP contribution in [0.3, 0.4) is 0 Å². The average molecular weight is 282 g/mol. The Morgan fingerprint density at radius 3 is 2.81 bits per heavy atom. The molecular weight excluding hydrogens is 264 g/mol. The predicted octanol–water partition coefficient (Wildman–Crippen LogP) is 2.69. The van der Waals surface area contributed by atoms with Gasteiger partial charge in [0.2, 0.25) is 0 Å². The highest BCUT2D eigenvalue weighted by Gasteiger charge is 2.08. The fourth-order valence-corrected chi connectivity index (χ4v) is 2.49. The first kappa shape index (κ1) is 13.6. The maximum atomic E-state index is 9.64. The van der Waals surface area contributed by atoms with Gasteiger partial charge in [0.05, 0.1) is 19.4 Å². The van der Waals surface area contributed by atoms with Crippen molar-refractivity contribution in [1.29, 1.82) is 0 Å². The van der Waals surface area contributed by atoms with Crippen LogP contribution in [0, 0.1) is 0 Å². The van der Waals surface area contributed by atoms with Crippen LogP contribution in [0.4, 0.5) is 0 Å². The number of aliphatic hydroxyl groups is 1. The molecule has 21 heavy (non-hydrogen) atoms. The van der Waals surface area contributed by atoms with E-state index in [1.54, 1.807) is 4.68 Å². The van der Waals surface area contributed by atoms with Gasteiger partial charge in [-0.2, -0.15) is 5.10 Å². The van der Waals surface area contributed by atoms with E-state index in [2.05, 4.69) is 5.10 Å². The van der Waals surface area contributed by atoms with Crippen LogP contribution < -0.4 is 4.74 Å². The van der Waals surface area contributed by atoms with E-state index in [0.29, 0.717) is 6.61 Å². The standard InChI is InChI=1S/C17H18N2O2/c1-19-11-13(10-18-19)8-9-21-17-7-6-14-4-2-3-5-15(14)16(17)12-20/h2-7,10-11,20H,8-9,12H2,1H3. The van der Waals surface area contributed by atoms with Gasteiger partial charge in [-0.25, -0.2) is 0 Å². The minimum Gasteiger partial charge on any atom is -0.493 e. The highest BCUT2D eigenvalue weighted by Crippen LogP contribution is 2.28. The molecule has 3 aromatic rings. The molecular formula is C17H18N2O2. The minimum atomic E-state index is -0.0242. The summed E-state index contributed by atoms with van der Waals surface area (Å²) in [6.45, 7) is 0.542. The van der Waals surface area contributed by atoms with Crippen molar-refractivity contribution in [2.24, 2.45) is 7.05 Å². The summed E-state index contributed by atoms with van der Waals surface area (Å²) >= 11 is 0. The first-order valence-corrected chi connectivity index (χ1v) is 7.00. The van der Waals surface area contributed by atoms with Crippen LogP contribution in [0.1, 0.15) is 11.1 Å². The third kappa shape index (κ3) is 2.90. The Balaban J connectivity index is 1.77. The van der Waals surface area contributed by atoms with Gasteiger partial charge in [0.1, 0.15) is 5.75 Å². The molecule has 3 rings (SSSR count). The summed E-state index contributed by atoms with van der Waals surface area (Å²) in [5.74, 6) is 0.750. The van der Waals surface area contributed by atoms with Gasteiger partial charge < -0.3 is 9.84 Å². The number of hydrogen-bond donors (Lipinski definition) is 1. The normalized spacial score (nSPS) is 11.0. The lowest BCUT2D eigenvalue weighted by molar-refractivity contribution is 0.265. The van der Waals surface area contributed by atoms with E-state index in [9.17, 15) is 5.11 Å². The number of aryl methyl sites for hydroxylation is 1. The van der Waals surface area contributed by atoms with Crippen molar-refractivity contribution in [3.63, 3.8) is 0 Å². The van der Waals surface area contributed by atoms with Crippen LogP contribution in [-0.4, -0.2) is 21.5 Å². The third-order valence-corrected chi connectivity index (χ3v) is 3.56. The molecule has 0 spiro atoms. The van der Waals surface area contributed by atoms with E-state index in [4.69, 9.17) is 4.74 Å². The summed E-state index contributed by atoms with van der Waals surface area (Å²) in [4.78, 5) is 0. The number of hydrogen-bond acceptors (Lipinski definition) is 3. The second-order valence-electron chi connectivity index (χ2n) is 5.04. The zero-order valence-electron chi connectivity index (χ0n) is 12.0. The maximum absolute atomic E-state index is 9.64. The molecule has 0 saturated carbocycles. The van der Waals surface area contributed by atoms with Gasteiger partial charge in [-0.15, -0.1) is 0 Å². The van der Waals surface area contributed by atoms with Crippen LogP contribution in [0.15, 0.2) is 48.8 Å². The summed E-state index contributed by atoms with van der Waals surface area (Å²) in [5.41, 5.74) is 1.99. The molecule has 108 valence electrons. The Morgan fingerprint density at radius 2 is 2.05 bits per heavy atom. The van der Waals surface area contributed by atoms with E-state index in [1.807, 2.05) is 55.8 Å². The second kappa shape index (κ2) is 5.97. The van der Waals surface area contributed by atoms with Crippen LogP contribution in [0.2, 0.25) is 0 Å². The zero-order valence-corrected chi connectivity index (χ0v) is 12.0. The van der Waals surface area contributed by atoms with E-state index in [0.717, 1.165) is 34.1 Å². The lowest BCUT2D eigenvalue weighted by Crippen LogP contribution is -2.03. The molecule has 4 heteroatoms. The molecule has 0 amide bonds. The fourth-order valence-electron chi connectivity index (χ4n) is 2.49. The van der Waals surface area contributed by atoms with Crippen molar-refractivity contribution in [3.05, 3.63) is 59.9 Å². The minimum absolute atomic E-state index is 0.0242. The molecule has 4 nitrogen and oxygen atoms in total. The van der Waals surface area contributed by atoms with Gasteiger partial charge >= 0.3 is 0 Å². The molecule has 0 aliphatic heterocycles. The first-order chi connectivity index (χ1) is 10.3. The lowest BCUT2D eigenvalue weighted by Gasteiger charge is -2.12. The molecule has 0 fully saturated rings. The summed E-state index contributed by atoms with van der Waals surface area (Å²) in [6, 6.07) is 12.0. The van der Waals surface area contributed by atoms with E-state index in [-0.39, 0.29) is 6.61 Å². The van der Waals surface area contributed by atoms with Gasteiger partial charge in [0.15, 0.2) is 0 Å². The van der Waals surface area contributed by atoms with Crippen molar-refractivity contribution >= 4 is 10.8 Å². The van der Waals surface area contributed by atoms with Crippen molar-refractivity contribution in [3.8, 4) is 5.75 Å². The Hall–Kier alpha value is -2.33. The number of nitrogens with zero attached hydrogens (tertiary/aromatic N) is 2. The van der Waals surface area contributed by atoms with Crippen LogP contribution in [0.5, 0.6) is 5.75 Å². The molecule has 0 saturated heterocycles. The number of ether oxygens (including phenoxy) is 1. The van der Waals surface area contributed by atoms with Gasteiger partial charge in [0, 0.05) is 25.2 Å². The lowest BCUT2D eigenvalue weighted by atomic mass is 10.0. The quantitative estimate of drug-likeness (QED) is 0.782. The van der Waals surface area contributed by atoms with Crippen molar-refractivity contribution in [1.82, 2.24) is 9.78 Å². The first-order valence-electron chi connectivity index (χ1n) is 7.00. The molecule has 0 unspecified atom stereocenters. The topological polar surface area (TPSA) is 47.3 Å². The molecule has 1 heterocycles. The molecule has 0 aliphatic carbocycles. The summed E-state index contributed by atoms with van der Waals surface area (Å²) in [5, 5.41) is 15.9. The number of fused-ring (bicyclic) bond motifs is 1. The monoisotopic (exact) mass is 282 g/mol. The van der Waals surface area contributed by atoms with Gasteiger partial charge in [-0.1, -0.05) is 30.3 Å². The van der Waals surface area contributed by atoms with Crippen molar-refractivity contribution in [2.75, 3.05) is 6.61 Å². The molecule has 0 aliphatic rings. The smallest absolute Gasteiger partial charge is 0.125 e. The third-order valence-electron chi connectivity index (χ3n) is 3.56. The molecule has 1 N–H and O–H groups in total. The SMILES string of the molecule is Cn1cc(CCOc2ccc3ccccc3c2CO)cn1. The predicted molar refractivity (Wildman–Crippen MR) is 82.3 cm³/mol. The van der Waals surface area contributed by atoms with E-state index >= 15 is 0 Å². The maximum Gasteiger partial charge on any atom is 0.125 e. The Labute approximate surface area is 123 Å². The average Bonchev–Trinajstić information content (AvgIpc) is 2.92. The van der Waals surface area contributed by atoms with Gasteiger partial charge in [-0.05, 0) is 22.4 Å². The number of aromatic nitrogens is 2. The molecule has 0 atom stereocenters. The van der Waals surface area contributed by atoms with Gasteiger partial charge in [0.25, 0.3) is 0 Å². The molecule has 2 aromatic carbocycles. The summed E-state index contributed by atoms with van der Waals surface area (Å²) in [7, 11) is 1.90. The highest BCUT2D eigenvalue weighted by atomic mass is 16.5. The van der Waals surface area contributed by atoms with Crippen molar-refractivity contribution in [2.45, 2.75) is 13.0 Å². The molecule has 1 aromatic heterocycles. The number of rotatable bonds is 5.